The maximum absolute atomic E-state index is 9.68. The molecule has 238 valence electrons. The van der Waals surface area contributed by atoms with Crippen molar-refractivity contribution in [2.45, 2.75) is 20.8 Å². The number of nitrogens with zero attached hydrogens (tertiary/aromatic N) is 7. The normalized spacial score (nSPS) is 11.0. The van der Waals surface area contributed by atoms with E-state index in [9.17, 15) is 5.26 Å². The van der Waals surface area contributed by atoms with E-state index < -0.39 is 0 Å². The van der Waals surface area contributed by atoms with Gasteiger partial charge in [0.15, 0.2) is 0 Å². The number of hydrogen-bond donors (Lipinski definition) is 0. The molecular formula is C41H29N7Pt. The van der Waals surface area contributed by atoms with E-state index in [2.05, 4.69) is 94.9 Å². The Kier molecular flexibility index (Phi) is 8.42. The van der Waals surface area contributed by atoms with E-state index in [0.717, 1.165) is 67.1 Å². The summed E-state index contributed by atoms with van der Waals surface area (Å²) in [5, 5.41) is 16.3. The molecule has 0 bridgehead atoms. The molecule has 0 aliphatic carbocycles. The third-order valence-electron chi connectivity index (χ3n) is 8.58. The van der Waals surface area contributed by atoms with E-state index in [1.54, 1.807) is 12.5 Å². The fourth-order valence-corrected chi connectivity index (χ4v) is 6.65. The summed E-state index contributed by atoms with van der Waals surface area (Å²) in [5.41, 5.74) is 10.4. The van der Waals surface area contributed by atoms with Gasteiger partial charge in [0.2, 0.25) is 0 Å². The zero-order valence-corrected chi connectivity index (χ0v) is 29.3. The maximum atomic E-state index is 9.68. The third-order valence-corrected chi connectivity index (χ3v) is 8.58. The average Bonchev–Trinajstić information content (AvgIpc) is 3.71. The Morgan fingerprint density at radius 3 is 2.27 bits per heavy atom. The number of hydrogen-bond acceptors (Lipinski definition) is 5. The molecule has 8 heteroatoms. The molecule has 0 fully saturated rings. The quantitative estimate of drug-likeness (QED) is 0.157. The predicted octanol–water partition coefficient (Wildman–Crippen LogP) is 9.29. The largest absolute Gasteiger partial charge is 2.00 e. The summed E-state index contributed by atoms with van der Waals surface area (Å²) < 4.78 is 4.01. The van der Waals surface area contributed by atoms with Crippen LogP contribution < -0.4 is 4.90 Å². The van der Waals surface area contributed by atoms with Crippen LogP contribution in [-0.2, 0) is 21.1 Å². The second-order valence-electron chi connectivity index (χ2n) is 11.8. The summed E-state index contributed by atoms with van der Waals surface area (Å²) in [7, 11) is 0. The Balaban J connectivity index is 0.00000378. The zero-order valence-electron chi connectivity index (χ0n) is 27.0. The maximum Gasteiger partial charge on any atom is 2.00 e. The van der Waals surface area contributed by atoms with Crippen LogP contribution in [0.5, 0.6) is 0 Å². The van der Waals surface area contributed by atoms with Crippen molar-refractivity contribution in [1.29, 1.82) is 5.26 Å². The summed E-state index contributed by atoms with van der Waals surface area (Å²) in [6.45, 7) is 6.32. The van der Waals surface area contributed by atoms with Gasteiger partial charge in [-0.3, -0.25) is 9.67 Å². The van der Waals surface area contributed by atoms with Gasteiger partial charge in [0, 0.05) is 17.4 Å². The van der Waals surface area contributed by atoms with Gasteiger partial charge in [-0.2, -0.15) is 16.4 Å². The number of aryl methyl sites for hydroxylation is 3. The minimum Gasteiger partial charge on any atom is -0.352 e. The molecule has 3 aromatic heterocycles. The van der Waals surface area contributed by atoms with Gasteiger partial charge < -0.3 is 9.47 Å². The van der Waals surface area contributed by atoms with E-state index in [-0.39, 0.29) is 21.1 Å². The molecule has 0 aliphatic rings. The molecule has 0 radical (unpaired) electrons. The Morgan fingerprint density at radius 1 is 0.735 bits per heavy atom. The van der Waals surface area contributed by atoms with Crippen LogP contribution in [0.3, 0.4) is 0 Å². The van der Waals surface area contributed by atoms with Crippen molar-refractivity contribution in [1.82, 2.24) is 24.3 Å². The van der Waals surface area contributed by atoms with Crippen molar-refractivity contribution >= 4 is 38.9 Å². The molecule has 0 unspecified atom stereocenters. The second-order valence-corrected chi connectivity index (χ2v) is 11.8. The average molecular weight is 815 g/mol. The van der Waals surface area contributed by atoms with Crippen LogP contribution in [0.2, 0.25) is 0 Å². The van der Waals surface area contributed by atoms with Crippen molar-refractivity contribution in [2.24, 2.45) is 0 Å². The van der Waals surface area contributed by atoms with E-state index in [1.807, 2.05) is 77.5 Å². The molecule has 0 N–H and O–H groups in total. The molecule has 7 nitrogen and oxygen atoms in total. The number of para-hydroxylation sites is 1. The standard InChI is InChI=1S/C41H29N7.Pt/c1-27-20-28(2)40(29(3)21-27)48-41(44-26-45-48)31-10-9-13-33(23-31)46(32-11-5-4-6-12-32)34-16-17-35-36-22-30(25-42)15-18-37(36)47(38(35)24-34)39-14-7-8-19-43-39;/h4-22,26H,1-3H3;/q-2;+2. The van der Waals surface area contributed by atoms with Crippen LogP contribution in [0.1, 0.15) is 22.3 Å². The smallest absolute Gasteiger partial charge is 0.352 e. The molecule has 5 aromatic carbocycles. The van der Waals surface area contributed by atoms with Crippen LogP contribution in [0.25, 0.3) is 44.7 Å². The second kappa shape index (κ2) is 13.0. The number of nitriles is 1. The van der Waals surface area contributed by atoms with E-state index in [0.29, 0.717) is 11.4 Å². The first kappa shape index (κ1) is 31.8. The summed E-state index contributed by atoms with van der Waals surface area (Å²) in [6.07, 6.45) is 3.38. The molecule has 3 heterocycles. The molecule has 0 spiro atoms. The number of pyridine rings is 1. The summed E-state index contributed by atoms with van der Waals surface area (Å²) >= 11 is 0. The van der Waals surface area contributed by atoms with Gasteiger partial charge in [-0.05, 0) is 85.4 Å². The fraction of sp³-hybridized carbons (Fsp3) is 0.0732. The number of anilines is 3. The van der Waals surface area contributed by atoms with Crippen molar-refractivity contribution in [3.05, 3.63) is 156 Å². The minimum atomic E-state index is 0. The summed E-state index contributed by atoms with van der Waals surface area (Å²) in [6, 6.07) is 46.1. The van der Waals surface area contributed by atoms with Crippen LogP contribution in [0, 0.1) is 44.2 Å². The Hall–Kier alpha value is -5.83. The van der Waals surface area contributed by atoms with Crippen LogP contribution in [-0.4, -0.2) is 24.3 Å². The van der Waals surface area contributed by atoms with Gasteiger partial charge in [-0.15, -0.1) is 47.3 Å². The minimum absolute atomic E-state index is 0. The van der Waals surface area contributed by atoms with Gasteiger partial charge in [-0.1, -0.05) is 53.2 Å². The summed E-state index contributed by atoms with van der Waals surface area (Å²) in [4.78, 5) is 11.5. The first-order valence-electron chi connectivity index (χ1n) is 15.7. The molecule has 0 atom stereocenters. The monoisotopic (exact) mass is 814 g/mol. The van der Waals surface area contributed by atoms with E-state index in [1.165, 1.54) is 5.56 Å². The number of fused-ring (bicyclic) bond motifs is 3. The van der Waals surface area contributed by atoms with Gasteiger partial charge in [0.05, 0.1) is 23.1 Å². The van der Waals surface area contributed by atoms with Crippen LogP contribution in [0.15, 0.2) is 122 Å². The topological polar surface area (TPSA) is 75.6 Å². The molecule has 0 aliphatic heterocycles. The van der Waals surface area contributed by atoms with Gasteiger partial charge >= 0.3 is 21.1 Å². The van der Waals surface area contributed by atoms with Crippen molar-refractivity contribution in [3.8, 4) is 29.0 Å². The van der Waals surface area contributed by atoms with Crippen LogP contribution in [0.4, 0.5) is 17.1 Å². The van der Waals surface area contributed by atoms with Crippen molar-refractivity contribution < 1.29 is 21.1 Å². The van der Waals surface area contributed by atoms with Crippen molar-refractivity contribution in [3.63, 3.8) is 0 Å². The molecule has 8 aromatic rings. The molecule has 49 heavy (non-hydrogen) atoms. The molecule has 0 saturated carbocycles. The molecular weight excluding hydrogens is 786 g/mol. The zero-order chi connectivity index (χ0) is 32.8. The number of benzene rings is 5. The van der Waals surface area contributed by atoms with Gasteiger partial charge in [-0.25, -0.2) is 4.98 Å². The molecule has 0 amide bonds. The van der Waals surface area contributed by atoms with Crippen LogP contribution >= 0.6 is 0 Å². The first-order valence-corrected chi connectivity index (χ1v) is 15.7. The van der Waals surface area contributed by atoms with Crippen molar-refractivity contribution in [2.75, 3.05) is 4.90 Å². The molecule has 0 saturated heterocycles. The predicted molar refractivity (Wildman–Crippen MR) is 190 cm³/mol. The Bertz CT molecular complexity index is 2490. The first-order chi connectivity index (χ1) is 23.5. The van der Waals surface area contributed by atoms with E-state index in [4.69, 9.17) is 4.98 Å². The number of aromatic nitrogens is 5. The van der Waals surface area contributed by atoms with Gasteiger partial charge in [0.1, 0.15) is 12.1 Å². The Labute approximate surface area is 299 Å². The number of rotatable bonds is 6. The fourth-order valence-electron chi connectivity index (χ4n) is 6.65. The SMILES string of the molecule is Cc1cc(C)c(-n2ncnc2-c2[c-]c(N(c3[c-]c4c(cc3)c3cc(C#N)ccc3n4-c3ccccn3)c3ccccc3)ccc2)c(C)c1.[Pt+2]. The van der Waals surface area contributed by atoms with Gasteiger partial charge in [0.25, 0.3) is 0 Å². The third kappa shape index (κ3) is 5.61. The molecule has 8 rings (SSSR count). The van der Waals surface area contributed by atoms with E-state index >= 15 is 0 Å². The Morgan fingerprint density at radius 2 is 1.51 bits per heavy atom. The summed E-state index contributed by atoms with van der Waals surface area (Å²) in [5.74, 6) is 1.49.